The summed E-state index contributed by atoms with van der Waals surface area (Å²) in [4.78, 5) is 43.2. The maximum atomic E-state index is 12.4. The van der Waals surface area contributed by atoms with Crippen LogP contribution in [0, 0.1) is 12.8 Å². The van der Waals surface area contributed by atoms with Gasteiger partial charge in [-0.25, -0.2) is 4.98 Å². The summed E-state index contributed by atoms with van der Waals surface area (Å²) in [5.74, 6) is -0.779. The van der Waals surface area contributed by atoms with Gasteiger partial charge in [-0.15, -0.1) is 0 Å². The Bertz CT molecular complexity index is 946. The molecule has 1 aliphatic heterocycles. The number of carbonyl (C=O) groups excluding carboxylic acids is 2. The molecule has 1 saturated carbocycles. The number of ether oxygens (including phenoxy) is 1. The molecule has 7 heteroatoms. The average molecular weight is 369 g/mol. The van der Waals surface area contributed by atoms with Gasteiger partial charge >= 0.3 is 5.97 Å². The molecule has 4 rings (SSSR count). The predicted octanol–water partition coefficient (Wildman–Crippen LogP) is 1.84. The Morgan fingerprint density at radius 1 is 1.26 bits per heavy atom. The van der Waals surface area contributed by atoms with Crippen LogP contribution < -0.4 is 5.56 Å². The molecule has 0 aromatic carbocycles. The molecule has 1 saturated heterocycles. The van der Waals surface area contributed by atoms with Crippen molar-refractivity contribution in [3.8, 4) is 0 Å². The van der Waals surface area contributed by atoms with E-state index in [1.54, 1.807) is 6.07 Å². The van der Waals surface area contributed by atoms with Gasteiger partial charge in [-0.1, -0.05) is 18.9 Å². The number of amides is 1. The van der Waals surface area contributed by atoms with Gasteiger partial charge in [0, 0.05) is 30.8 Å². The van der Waals surface area contributed by atoms with Crippen molar-refractivity contribution in [2.75, 3.05) is 6.54 Å². The summed E-state index contributed by atoms with van der Waals surface area (Å²) >= 11 is 0. The Hall–Kier alpha value is -2.70. The number of likely N-dealkylation sites (tertiary alicyclic amines) is 1. The second-order valence-electron chi connectivity index (χ2n) is 7.44. The van der Waals surface area contributed by atoms with Gasteiger partial charge in [-0.2, -0.15) is 0 Å². The van der Waals surface area contributed by atoms with E-state index in [0.29, 0.717) is 17.9 Å². The molecule has 0 unspecified atom stereocenters. The second kappa shape index (κ2) is 7.13. The topological polar surface area (TPSA) is 81.0 Å². The number of rotatable bonds is 4. The van der Waals surface area contributed by atoms with Crippen LogP contribution in [0.3, 0.4) is 0 Å². The van der Waals surface area contributed by atoms with Crippen molar-refractivity contribution in [1.29, 1.82) is 0 Å². The molecular weight excluding hydrogens is 346 g/mol. The van der Waals surface area contributed by atoms with Crippen molar-refractivity contribution in [3.05, 3.63) is 46.0 Å². The third-order valence-corrected chi connectivity index (χ3v) is 5.55. The zero-order valence-corrected chi connectivity index (χ0v) is 15.4. The van der Waals surface area contributed by atoms with Crippen LogP contribution in [-0.2, 0) is 20.9 Å². The van der Waals surface area contributed by atoms with Crippen molar-refractivity contribution in [1.82, 2.24) is 14.3 Å². The first-order chi connectivity index (χ1) is 13.0. The molecule has 0 N–H and O–H groups in total. The quantitative estimate of drug-likeness (QED) is 0.768. The molecule has 27 heavy (non-hydrogen) atoms. The van der Waals surface area contributed by atoms with E-state index in [0.717, 1.165) is 31.4 Å². The average Bonchev–Trinajstić information content (AvgIpc) is 3.29. The van der Waals surface area contributed by atoms with Crippen molar-refractivity contribution in [3.63, 3.8) is 0 Å². The first-order valence-corrected chi connectivity index (χ1v) is 9.47. The smallest absolute Gasteiger partial charge is 0.311 e. The number of carbonyl (C=O) groups is 2. The lowest BCUT2D eigenvalue weighted by molar-refractivity contribution is -0.149. The van der Waals surface area contributed by atoms with Crippen LogP contribution in [0.1, 0.15) is 43.5 Å². The summed E-state index contributed by atoms with van der Waals surface area (Å²) in [6, 6.07) is 7.07. The number of pyridine rings is 1. The minimum atomic E-state index is -0.429. The Balaban J connectivity index is 1.42. The highest BCUT2D eigenvalue weighted by Gasteiger charge is 2.39. The van der Waals surface area contributed by atoms with Crippen LogP contribution >= 0.6 is 0 Å². The summed E-state index contributed by atoms with van der Waals surface area (Å²) < 4.78 is 6.89. The summed E-state index contributed by atoms with van der Waals surface area (Å²) in [6.45, 7) is 2.21. The van der Waals surface area contributed by atoms with Gasteiger partial charge in [0.1, 0.15) is 12.3 Å². The highest BCUT2D eigenvalue weighted by Crippen LogP contribution is 2.30. The predicted molar refractivity (Wildman–Crippen MR) is 98.1 cm³/mol. The molecule has 2 aliphatic rings. The van der Waals surface area contributed by atoms with Gasteiger partial charge in [0.15, 0.2) is 0 Å². The molecule has 2 fully saturated rings. The lowest BCUT2D eigenvalue weighted by Gasteiger charge is -2.23. The van der Waals surface area contributed by atoms with E-state index in [2.05, 4.69) is 4.98 Å². The third-order valence-electron chi connectivity index (χ3n) is 5.55. The highest BCUT2D eigenvalue weighted by atomic mass is 16.5. The van der Waals surface area contributed by atoms with Crippen molar-refractivity contribution in [2.24, 2.45) is 5.92 Å². The SMILES string of the molecule is Cc1cccc2nc(COC(=O)[C@H]3CC(=O)N(C4CCCC4)C3)cc(=O)n12. The fourth-order valence-electron chi connectivity index (χ4n) is 4.16. The molecule has 7 nitrogen and oxygen atoms in total. The molecule has 2 aromatic rings. The first-order valence-electron chi connectivity index (χ1n) is 9.47. The largest absolute Gasteiger partial charge is 0.459 e. The van der Waals surface area contributed by atoms with Crippen LogP contribution in [0.15, 0.2) is 29.1 Å². The van der Waals surface area contributed by atoms with Crippen LogP contribution in [0.5, 0.6) is 0 Å². The number of hydrogen-bond donors (Lipinski definition) is 0. The fourth-order valence-corrected chi connectivity index (χ4v) is 4.16. The monoisotopic (exact) mass is 369 g/mol. The summed E-state index contributed by atoms with van der Waals surface area (Å²) in [7, 11) is 0. The van der Waals surface area contributed by atoms with Gasteiger partial charge < -0.3 is 9.64 Å². The molecule has 1 atom stereocenters. The fraction of sp³-hybridized carbons (Fsp3) is 0.500. The summed E-state index contributed by atoms with van der Waals surface area (Å²) in [5, 5.41) is 0. The van der Waals surface area contributed by atoms with Gasteiger partial charge in [0.25, 0.3) is 5.56 Å². The lowest BCUT2D eigenvalue weighted by atomic mass is 10.1. The van der Waals surface area contributed by atoms with Gasteiger partial charge in [-0.3, -0.25) is 18.8 Å². The standard InChI is InChI=1S/C20H23N3O4/c1-13-5-4-8-17-21-15(10-19(25)23(13)17)12-27-20(26)14-9-18(24)22(11-14)16-6-2-3-7-16/h4-5,8,10,14,16H,2-3,6-7,9,11-12H2,1H3/t14-/m0/s1. The number of aromatic nitrogens is 2. The maximum Gasteiger partial charge on any atom is 0.311 e. The molecule has 3 heterocycles. The van der Waals surface area contributed by atoms with E-state index in [-0.39, 0.29) is 30.5 Å². The molecule has 0 radical (unpaired) electrons. The van der Waals surface area contributed by atoms with Crippen molar-refractivity contribution < 1.29 is 14.3 Å². The Morgan fingerprint density at radius 2 is 2.04 bits per heavy atom. The van der Waals surface area contributed by atoms with Crippen LogP contribution in [0.4, 0.5) is 0 Å². The van der Waals surface area contributed by atoms with Crippen molar-refractivity contribution in [2.45, 2.75) is 51.7 Å². The van der Waals surface area contributed by atoms with E-state index in [9.17, 15) is 14.4 Å². The van der Waals surface area contributed by atoms with Gasteiger partial charge in [0.2, 0.25) is 5.91 Å². The Labute approximate surface area is 157 Å². The van der Waals surface area contributed by atoms with Gasteiger partial charge in [-0.05, 0) is 31.9 Å². The maximum absolute atomic E-state index is 12.4. The number of esters is 1. The number of hydrogen-bond acceptors (Lipinski definition) is 5. The molecule has 0 bridgehead atoms. The Morgan fingerprint density at radius 3 is 2.81 bits per heavy atom. The van der Waals surface area contributed by atoms with Crippen LogP contribution in [0.2, 0.25) is 0 Å². The van der Waals surface area contributed by atoms with E-state index in [4.69, 9.17) is 4.74 Å². The minimum Gasteiger partial charge on any atom is -0.459 e. The summed E-state index contributed by atoms with van der Waals surface area (Å²) in [6.07, 6.45) is 4.55. The molecule has 1 amide bonds. The van der Waals surface area contributed by atoms with E-state index in [1.165, 1.54) is 10.5 Å². The number of fused-ring (bicyclic) bond motifs is 1. The molecule has 142 valence electrons. The minimum absolute atomic E-state index is 0.0430. The Kier molecular flexibility index (Phi) is 4.68. The zero-order valence-electron chi connectivity index (χ0n) is 15.4. The van der Waals surface area contributed by atoms with E-state index >= 15 is 0 Å². The van der Waals surface area contributed by atoms with E-state index in [1.807, 2.05) is 24.0 Å². The number of nitrogens with zero attached hydrogens (tertiary/aromatic N) is 3. The van der Waals surface area contributed by atoms with Gasteiger partial charge in [0.05, 0.1) is 11.6 Å². The summed E-state index contributed by atoms with van der Waals surface area (Å²) in [5.41, 5.74) is 1.53. The lowest BCUT2D eigenvalue weighted by Crippen LogP contribution is -2.35. The van der Waals surface area contributed by atoms with Crippen LogP contribution in [0.25, 0.3) is 5.65 Å². The molecule has 1 aliphatic carbocycles. The van der Waals surface area contributed by atoms with Crippen molar-refractivity contribution >= 4 is 17.5 Å². The van der Waals surface area contributed by atoms with E-state index < -0.39 is 11.9 Å². The molecular formula is C20H23N3O4. The second-order valence-corrected chi connectivity index (χ2v) is 7.44. The first kappa shape index (κ1) is 17.7. The highest BCUT2D eigenvalue weighted by molar-refractivity contribution is 5.87. The molecule has 2 aromatic heterocycles. The number of aryl methyl sites for hydroxylation is 1. The third kappa shape index (κ3) is 3.46. The van der Waals surface area contributed by atoms with Crippen LogP contribution in [-0.4, -0.2) is 38.7 Å². The zero-order chi connectivity index (χ0) is 19.0. The normalized spacial score (nSPS) is 20.6. The molecule has 0 spiro atoms.